The molecule has 1 unspecified atom stereocenters. The maximum absolute atomic E-state index is 11.6. The molecule has 0 radical (unpaired) electrons. The van der Waals surface area contributed by atoms with Gasteiger partial charge in [0.15, 0.2) is 0 Å². The fourth-order valence-corrected chi connectivity index (χ4v) is 2.69. The number of nitrogens with two attached hydrogens (primary N) is 1. The molecule has 106 valence electrons. The van der Waals surface area contributed by atoms with Crippen molar-refractivity contribution in [1.29, 1.82) is 0 Å². The van der Waals surface area contributed by atoms with E-state index in [1.807, 2.05) is 0 Å². The summed E-state index contributed by atoms with van der Waals surface area (Å²) < 4.78 is 1.43. The van der Waals surface area contributed by atoms with E-state index < -0.39 is 11.2 Å². The Labute approximate surface area is 112 Å². The van der Waals surface area contributed by atoms with E-state index in [0.29, 0.717) is 12.6 Å². The molecular formula is C13H22N4O2. The molecule has 6 nitrogen and oxygen atoms in total. The second kappa shape index (κ2) is 6.06. The lowest BCUT2D eigenvalue weighted by Gasteiger charge is -2.33. The van der Waals surface area contributed by atoms with Crippen LogP contribution in [-0.2, 0) is 6.54 Å². The number of hydrogen-bond acceptors (Lipinski definition) is 4. The quantitative estimate of drug-likeness (QED) is 0.825. The zero-order valence-corrected chi connectivity index (χ0v) is 11.4. The third-order valence-electron chi connectivity index (χ3n) is 3.83. The van der Waals surface area contributed by atoms with Gasteiger partial charge in [0.05, 0.1) is 0 Å². The van der Waals surface area contributed by atoms with E-state index in [9.17, 15) is 9.59 Å². The number of hydrogen-bond donors (Lipinski definition) is 2. The van der Waals surface area contributed by atoms with Gasteiger partial charge in [0.2, 0.25) is 0 Å². The topological polar surface area (TPSA) is 84.1 Å². The predicted molar refractivity (Wildman–Crippen MR) is 75.2 cm³/mol. The molecule has 0 spiro atoms. The van der Waals surface area contributed by atoms with Crippen LogP contribution in [0.3, 0.4) is 0 Å². The molecule has 2 heterocycles. The minimum atomic E-state index is -0.441. The summed E-state index contributed by atoms with van der Waals surface area (Å²) in [7, 11) is 0. The van der Waals surface area contributed by atoms with Gasteiger partial charge in [-0.25, -0.2) is 4.79 Å². The Morgan fingerprint density at radius 2 is 2.16 bits per heavy atom. The van der Waals surface area contributed by atoms with Crippen LogP contribution in [0.1, 0.15) is 32.6 Å². The molecule has 6 heteroatoms. The minimum Gasteiger partial charge on any atom is -0.385 e. The normalized spacial score (nSPS) is 20.6. The summed E-state index contributed by atoms with van der Waals surface area (Å²) in [5.41, 5.74) is 4.84. The maximum atomic E-state index is 11.6. The molecule has 1 aliphatic heterocycles. The summed E-state index contributed by atoms with van der Waals surface area (Å²) in [6.45, 7) is 4.90. The summed E-state index contributed by atoms with van der Waals surface area (Å²) in [4.78, 5) is 27.4. The van der Waals surface area contributed by atoms with Crippen molar-refractivity contribution in [3.8, 4) is 0 Å². The highest BCUT2D eigenvalue weighted by Gasteiger charge is 2.17. The van der Waals surface area contributed by atoms with Crippen molar-refractivity contribution in [3.63, 3.8) is 0 Å². The molecule has 1 aliphatic rings. The van der Waals surface area contributed by atoms with Gasteiger partial charge in [-0.3, -0.25) is 14.3 Å². The van der Waals surface area contributed by atoms with Gasteiger partial charge in [-0.05, 0) is 32.7 Å². The van der Waals surface area contributed by atoms with Crippen molar-refractivity contribution in [1.82, 2.24) is 14.5 Å². The standard InChI is InChI=1S/C13H22N4O2/c1-10-5-2-3-6-16(10)7-4-8-17-11(14)9-12(18)15-13(17)19/h9-10H,2-8,14H2,1H3,(H,15,18,19). The highest BCUT2D eigenvalue weighted by molar-refractivity contribution is 5.25. The molecule has 3 N–H and O–H groups in total. The first-order valence-corrected chi connectivity index (χ1v) is 6.91. The molecule has 19 heavy (non-hydrogen) atoms. The number of H-pyrrole nitrogens is 1. The Kier molecular flexibility index (Phi) is 4.42. The van der Waals surface area contributed by atoms with E-state index >= 15 is 0 Å². The zero-order chi connectivity index (χ0) is 13.8. The average Bonchev–Trinajstić information content (AvgIpc) is 2.34. The van der Waals surface area contributed by atoms with Crippen LogP contribution in [0.5, 0.6) is 0 Å². The summed E-state index contributed by atoms with van der Waals surface area (Å²) in [5.74, 6) is 0.237. The van der Waals surface area contributed by atoms with E-state index in [0.717, 1.165) is 19.5 Å². The maximum Gasteiger partial charge on any atom is 0.329 e. The minimum absolute atomic E-state index is 0.237. The van der Waals surface area contributed by atoms with E-state index in [1.165, 1.54) is 29.9 Å². The van der Waals surface area contributed by atoms with Crippen molar-refractivity contribution in [2.75, 3.05) is 18.8 Å². The molecule has 0 saturated carbocycles. The molecule has 1 fully saturated rings. The second-order valence-corrected chi connectivity index (χ2v) is 5.25. The van der Waals surface area contributed by atoms with Crippen molar-refractivity contribution in [3.05, 3.63) is 26.9 Å². The molecule has 1 atom stereocenters. The SMILES string of the molecule is CC1CCCCN1CCCn1c(N)cc(=O)[nH]c1=O. The van der Waals surface area contributed by atoms with Gasteiger partial charge in [-0.15, -0.1) is 0 Å². The molecule has 1 aromatic heterocycles. The molecule has 1 saturated heterocycles. The summed E-state index contributed by atoms with van der Waals surface area (Å²) in [6.07, 6.45) is 4.68. The fourth-order valence-electron chi connectivity index (χ4n) is 2.69. The van der Waals surface area contributed by atoms with Gasteiger partial charge in [0.1, 0.15) is 5.82 Å². The van der Waals surface area contributed by atoms with Crippen LogP contribution in [0.25, 0.3) is 0 Å². The molecule has 2 rings (SSSR count). The van der Waals surface area contributed by atoms with Gasteiger partial charge >= 0.3 is 5.69 Å². The summed E-state index contributed by atoms with van der Waals surface area (Å²) in [6, 6.07) is 1.88. The molecule has 0 amide bonds. The van der Waals surface area contributed by atoms with E-state index in [1.54, 1.807) is 0 Å². The van der Waals surface area contributed by atoms with Crippen LogP contribution < -0.4 is 17.0 Å². The number of aromatic amines is 1. The van der Waals surface area contributed by atoms with Crippen molar-refractivity contribution in [2.24, 2.45) is 0 Å². The average molecular weight is 266 g/mol. The van der Waals surface area contributed by atoms with E-state index in [2.05, 4.69) is 16.8 Å². The summed E-state index contributed by atoms with van der Waals surface area (Å²) in [5, 5.41) is 0. The molecule has 0 aromatic carbocycles. The molecular weight excluding hydrogens is 244 g/mol. The largest absolute Gasteiger partial charge is 0.385 e. The van der Waals surface area contributed by atoms with Gasteiger partial charge < -0.3 is 10.6 Å². The lowest BCUT2D eigenvalue weighted by atomic mass is 10.0. The molecule has 0 bridgehead atoms. The Hall–Kier alpha value is -1.56. The van der Waals surface area contributed by atoms with Gasteiger partial charge in [0, 0.05) is 25.2 Å². The monoisotopic (exact) mass is 266 g/mol. The third-order valence-corrected chi connectivity index (χ3v) is 3.83. The van der Waals surface area contributed by atoms with Crippen LogP contribution in [0, 0.1) is 0 Å². The fraction of sp³-hybridized carbons (Fsp3) is 0.692. The Balaban J connectivity index is 1.92. The van der Waals surface area contributed by atoms with Crippen LogP contribution in [-0.4, -0.2) is 33.6 Å². The molecule has 0 aliphatic carbocycles. The first-order valence-electron chi connectivity index (χ1n) is 6.91. The third kappa shape index (κ3) is 3.47. The zero-order valence-electron chi connectivity index (χ0n) is 11.4. The van der Waals surface area contributed by atoms with Crippen molar-refractivity contribution < 1.29 is 0 Å². The van der Waals surface area contributed by atoms with Gasteiger partial charge in [-0.1, -0.05) is 6.42 Å². The van der Waals surface area contributed by atoms with E-state index in [4.69, 9.17) is 5.73 Å². The summed E-state index contributed by atoms with van der Waals surface area (Å²) >= 11 is 0. The van der Waals surface area contributed by atoms with Crippen molar-refractivity contribution >= 4 is 5.82 Å². The number of nitrogens with zero attached hydrogens (tertiary/aromatic N) is 2. The van der Waals surface area contributed by atoms with Gasteiger partial charge in [-0.2, -0.15) is 0 Å². The Morgan fingerprint density at radius 3 is 2.84 bits per heavy atom. The Morgan fingerprint density at radius 1 is 1.37 bits per heavy atom. The highest BCUT2D eigenvalue weighted by Crippen LogP contribution is 2.16. The number of likely N-dealkylation sites (tertiary alicyclic amines) is 1. The molecule has 1 aromatic rings. The number of nitrogen functional groups attached to an aromatic ring is 1. The first-order chi connectivity index (χ1) is 9.08. The van der Waals surface area contributed by atoms with Crippen molar-refractivity contribution in [2.45, 2.75) is 45.2 Å². The van der Waals surface area contributed by atoms with E-state index in [-0.39, 0.29) is 5.82 Å². The van der Waals surface area contributed by atoms with Crippen LogP contribution in [0.15, 0.2) is 15.7 Å². The smallest absolute Gasteiger partial charge is 0.329 e. The number of aromatic nitrogens is 2. The van der Waals surface area contributed by atoms with Gasteiger partial charge in [0.25, 0.3) is 5.56 Å². The van der Waals surface area contributed by atoms with Crippen LogP contribution in [0.2, 0.25) is 0 Å². The van der Waals surface area contributed by atoms with Crippen LogP contribution in [0.4, 0.5) is 5.82 Å². The highest BCUT2D eigenvalue weighted by atomic mass is 16.2. The van der Waals surface area contributed by atoms with Crippen LogP contribution >= 0.6 is 0 Å². The number of piperidine rings is 1. The first kappa shape index (κ1) is 13.9. The number of rotatable bonds is 4. The second-order valence-electron chi connectivity index (χ2n) is 5.25. The number of nitrogens with one attached hydrogen (secondary N) is 1. The number of anilines is 1. The lowest BCUT2D eigenvalue weighted by Crippen LogP contribution is -2.39. The Bertz CT molecular complexity index is 534. The predicted octanol–water partition coefficient (Wildman–Crippen LogP) is 0.383. The lowest BCUT2D eigenvalue weighted by molar-refractivity contribution is 0.156.